The van der Waals surface area contributed by atoms with Crippen LogP contribution in [-0.4, -0.2) is 24.4 Å². The summed E-state index contributed by atoms with van der Waals surface area (Å²) < 4.78 is 5.18. The molecule has 0 aliphatic carbocycles. The van der Waals surface area contributed by atoms with Crippen molar-refractivity contribution in [2.45, 2.75) is 32.8 Å². The van der Waals surface area contributed by atoms with Gasteiger partial charge in [0.15, 0.2) is 0 Å². The first-order chi connectivity index (χ1) is 7.81. The Bertz CT molecular complexity index is 302. The van der Waals surface area contributed by atoms with Crippen LogP contribution in [0.2, 0.25) is 0 Å². The SMILES string of the molecule is CCNCc1sc(CSCC)nc1COC. The van der Waals surface area contributed by atoms with Gasteiger partial charge in [-0.25, -0.2) is 4.98 Å². The highest BCUT2D eigenvalue weighted by atomic mass is 32.2. The maximum absolute atomic E-state index is 5.18. The Labute approximate surface area is 106 Å². The molecule has 3 nitrogen and oxygen atoms in total. The van der Waals surface area contributed by atoms with Crippen LogP contribution in [0.25, 0.3) is 0 Å². The molecule has 0 amide bonds. The van der Waals surface area contributed by atoms with Gasteiger partial charge >= 0.3 is 0 Å². The third kappa shape index (κ3) is 4.41. The van der Waals surface area contributed by atoms with Gasteiger partial charge in [-0.3, -0.25) is 0 Å². The van der Waals surface area contributed by atoms with Gasteiger partial charge in [0.2, 0.25) is 0 Å². The second-order valence-electron chi connectivity index (χ2n) is 3.33. The maximum Gasteiger partial charge on any atom is 0.103 e. The van der Waals surface area contributed by atoms with E-state index >= 15 is 0 Å². The van der Waals surface area contributed by atoms with Gasteiger partial charge < -0.3 is 10.1 Å². The van der Waals surface area contributed by atoms with Crippen LogP contribution in [0.15, 0.2) is 0 Å². The van der Waals surface area contributed by atoms with Gasteiger partial charge in [0.05, 0.1) is 12.3 Å². The fraction of sp³-hybridized carbons (Fsp3) is 0.727. The van der Waals surface area contributed by atoms with Gasteiger partial charge in [0.25, 0.3) is 0 Å². The van der Waals surface area contributed by atoms with Gasteiger partial charge in [-0.2, -0.15) is 11.8 Å². The number of nitrogens with zero attached hydrogens (tertiary/aromatic N) is 1. The molecule has 1 aromatic rings. The lowest BCUT2D eigenvalue weighted by molar-refractivity contribution is 0.181. The molecule has 0 aliphatic rings. The standard InChI is InChI=1S/C11H20N2OS2/c1-4-12-6-10-9(7-14-3)13-11(16-10)8-15-5-2/h12H,4-8H2,1-3H3. The molecule has 1 aromatic heterocycles. The molecule has 0 spiro atoms. The van der Waals surface area contributed by atoms with Crippen LogP contribution in [0.4, 0.5) is 0 Å². The van der Waals surface area contributed by atoms with Gasteiger partial charge in [0.1, 0.15) is 5.01 Å². The van der Waals surface area contributed by atoms with Crippen molar-refractivity contribution in [3.63, 3.8) is 0 Å². The molecule has 0 radical (unpaired) electrons. The summed E-state index contributed by atoms with van der Waals surface area (Å²) in [6.07, 6.45) is 0. The molecule has 1 N–H and O–H groups in total. The first-order valence-electron chi connectivity index (χ1n) is 5.56. The Morgan fingerprint density at radius 3 is 2.88 bits per heavy atom. The highest BCUT2D eigenvalue weighted by molar-refractivity contribution is 7.98. The van der Waals surface area contributed by atoms with Crippen molar-refractivity contribution in [2.24, 2.45) is 0 Å². The van der Waals surface area contributed by atoms with Crippen molar-refractivity contribution < 1.29 is 4.74 Å². The largest absolute Gasteiger partial charge is 0.378 e. The molecule has 5 heteroatoms. The minimum atomic E-state index is 0.619. The van der Waals surface area contributed by atoms with E-state index in [-0.39, 0.29) is 0 Å². The number of aromatic nitrogens is 1. The average molecular weight is 260 g/mol. The molecule has 0 atom stereocenters. The van der Waals surface area contributed by atoms with Gasteiger partial charge in [-0.1, -0.05) is 13.8 Å². The number of nitrogens with one attached hydrogen (secondary N) is 1. The lowest BCUT2D eigenvalue weighted by atomic mass is 10.3. The van der Waals surface area contributed by atoms with Crippen LogP contribution in [-0.2, 0) is 23.6 Å². The lowest BCUT2D eigenvalue weighted by Gasteiger charge is -2.00. The quantitative estimate of drug-likeness (QED) is 0.779. The van der Waals surface area contributed by atoms with E-state index in [0.29, 0.717) is 6.61 Å². The highest BCUT2D eigenvalue weighted by Gasteiger charge is 2.10. The molecule has 0 aromatic carbocycles. The van der Waals surface area contributed by atoms with E-state index in [4.69, 9.17) is 4.74 Å². The Morgan fingerprint density at radius 2 is 2.25 bits per heavy atom. The number of ether oxygens (including phenoxy) is 1. The minimum absolute atomic E-state index is 0.619. The minimum Gasteiger partial charge on any atom is -0.378 e. The molecule has 1 rings (SSSR count). The normalized spacial score (nSPS) is 10.9. The molecule has 0 fully saturated rings. The summed E-state index contributed by atoms with van der Waals surface area (Å²) in [6.45, 7) is 6.81. The fourth-order valence-corrected chi connectivity index (χ4v) is 3.08. The average Bonchev–Trinajstić information content (AvgIpc) is 2.67. The van der Waals surface area contributed by atoms with E-state index in [9.17, 15) is 0 Å². The summed E-state index contributed by atoms with van der Waals surface area (Å²) in [5.41, 5.74) is 1.10. The molecule has 16 heavy (non-hydrogen) atoms. The third-order valence-electron chi connectivity index (χ3n) is 2.07. The summed E-state index contributed by atoms with van der Waals surface area (Å²) in [7, 11) is 1.72. The fourth-order valence-electron chi connectivity index (χ4n) is 1.31. The summed E-state index contributed by atoms with van der Waals surface area (Å²) in [6, 6.07) is 0. The Hall–Kier alpha value is -0.100. The summed E-state index contributed by atoms with van der Waals surface area (Å²) >= 11 is 3.72. The lowest BCUT2D eigenvalue weighted by Crippen LogP contribution is -2.12. The van der Waals surface area contributed by atoms with Crippen LogP contribution < -0.4 is 5.32 Å². The number of methoxy groups -OCH3 is 1. The van der Waals surface area contributed by atoms with Crippen LogP contribution >= 0.6 is 23.1 Å². The molecular weight excluding hydrogens is 240 g/mol. The van der Waals surface area contributed by atoms with Crippen molar-refractivity contribution in [2.75, 3.05) is 19.4 Å². The summed E-state index contributed by atoms with van der Waals surface area (Å²) in [4.78, 5) is 5.94. The summed E-state index contributed by atoms with van der Waals surface area (Å²) in [5, 5.41) is 4.56. The third-order valence-corrected chi connectivity index (χ3v) is 4.23. The van der Waals surface area contributed by atoms with Crippen LogP contribution in [0, 0.1) is 0 Å². The zero-order valence-corrected chi connectivity index (χ0v) is 11.8. The maximum atomic E-state index is 5.18. The number of rotatable bonds is 8. The molecule has 92 valence electrons. The van der Waals surface area contributed by atoms with Crippen molar-refractivity contribution in [1.29, 1.82) is 0 Å². The van der Waals surface area contributed by atoms with Crippen molar-refractivity contribution >= 4 is 23.1 Å². The van der Waals surface area contributed by atoms with Crippen molar-refractivity contribution in [1.82, 2.24) is 10.3 Å². The Morgan fingerprint density at radius 1 is 1.44 bits per heavy atom. The van der Waals surface area contributed by atoms with Crippen molar-refractivity contribution in [3.8, 4) is 0 Å². The van der Waals surface area contributed by atoms with E-state index in [1.807, 2.05) is 11.8 Å². The molecule has 0 saturated carbocycles. The molecule has 0 aliphatic heterocycles. The summed E-state index contributed by atoms with van der Waals surface area (Å²) in [5.74, 6) is 2.16. The highest BCUT2D eigenvalue weighted by Crippen LogP contribution is 2.23. The van der Waals surface area contributed by atoms with E-state index < -0.39 is 0 Å². The number of thioether (sulfide) groups is 1. The predicted octanol–water partition coefficient (Wildman–Crippen LogP) is 2.65. The van der Waals surface area contributed by atoms with Gasteiger partial charge in [0, 0.05) is 24.3 Å². The molecule has 0 saturated heterocycles. The number of hydrogen-bond acceptors (Lipinski definition) is 5. The second kappa shape index (κ2) is 8.06. The van der Waals surface area contributed by atoms with E-state index in [0.717, 1.165) is 30.3 Å². The second-order valence-corrected chi connectivity index (χ2v) is 5.77. The van der Waals surface area contributed by atoms with Crippen LogP contribution in [0.3, 0.4) is 0 Å². The Balaban J connectivity index is 2.65. The molecular formula is C11H20N2OS2. The zero-order chi connectivity index (χ0) is 11.8. The number of hydrogen-bond donors (Lipinski definition) is 1. The van der Waals surface area contributed by atoms with Crippen LogP contribution in [0.1, 0.15) is 29.4 Å². The molecule has 0 unspecified atom stereocenters. The van der Waals surface area contributed by atoms with E-state index in [1.54, 1.807) is 18.4 Å². The Kier molecular flexibility index (Phi) is 7.03. The topological polar surface area (TPSA) is 34.2 Å². The van der Waals surface area contributed by atoms with Crippen molar-refractivity contribution in [3.05, 3.63) is 15.6 Å². The first kappa shape index (κ1) is 14.0. The zero-order valence-electron chi connectivity index (χ0n) is 10.2. The monoisotopic (exact) mass is 260 g/mol. The van der Waals surface area contributed by atoms with Gasteiger partial charge in [-0.05, 0) is 12.3 Å². The predicted molar refractivity (Wildman–Crippen MR) is 72.0 cm³/mol. The van der Waals surface area contributed by atoms with Crippen LogP contribution in [0.5, 0.6) is 0 Å². The van der Waals surface area contributed by atoms with E-state index in [1.165, 1.54) is 9.88 Å². The van der Waals surface area contributed by atoms with E-state index in [2.05, 4.69) is 24.1 Å². The smallest absolute Gasteiger partial charge is 0.103 e. The van der Waals surface area contributed by atoms with Gasteiger partial charge in [-0.15, -0.1) is 11.3 Å². The number of thiazole rings is 1. The first-order valence-corrected chi connectivity index (χ1v) is 7.53. The molecule has 1 heterocycles. The molecule has 0 bridgehead atoms.